The van der Waals surface area contributed by atoms with Crippen LogP contribution in [0.15, 0.2) is 0 Å². The van der Waals surface area contributed by atoms with E-state index in [0.717, 1.165) is 12.8 Å². The van der Waals surface area contributed by atoms with Gasteiger partial charge in [0.15, 0.2) is 0 Å². The molecule has 0 radical (unpaired) electrons. The maximum atomic E-state index is 12.8. The van der Waals surface area contributed by atoms with Crippen molar-refractivity contribution in [1.82, 2.24) is 4.31 Å². The molecule has 2 aliphatic rings. The van der Waals surface area contributed by atoms with Crippen LogP contribution in [0.25, 0.3) is 0 Å². The Kier molecular flexibility index (Phi) is 2.30. The van der Waals surface area contributed by atoms with Crippen LogP contribution < -0.4 is 0 Å². The molecule has 2 rings (SSSR count). The molecule has 0 aromatic carbocycles. The zero-order valence-corrected chi connectivity index (χ0v) is 8.66. The van der Waals surface area contributed by atoms with Gasteiger partial charge < -0.3 is 0 Å². The fourth-order valence-corrected chi connectivity index (χ4v) is 3.60. The van der Waals surface area contributed by atoms with Crippen LogP contribution in [-0.2, 0) is 9.92 Å². The van der Waals surface area contributed by atoms with Gasteiger partial charge in [0.2, 0.25) is 0 Å². The van der Waals surface area contributed by atoms with Crippen molar-refractivity contribution < 1.29 is 13.0 Å². The Bertz CT molecular complexity index is 314. The zero-order chi connectivity index (χ0) is 10.4. The summed E-state index contributed by atoms with van der Waals surface area (Å²) < 4.78 is 46.6. The van der Waals surface area contributed by atoms with E-state index in [1.165, 1.54) is 4.31 Å². The average Bonchev–Trinajstić information content (AvgIpc) is 2.85. The second-order valence-corrected chi connectivity index (χ2v) is 6.37. The molecule has 1 saturated heterocycles. The normalized spacial score (nSPS) is 32.4. The number of alkyl halides is 2. The van der Waals surface area contributed by atoms with Gasteiger partial charge in [-0.3, -0.25) is 0 Å². The van der Waals surface area contributed by atoms with Crippen molar-refractivity contribution in [3.05, 3.63) is 0 Å². The molecule has 1 aliphatic heterocycles. The fourth-order valence-electron chi connectivity index (χ4n) is 1.68. The molecule has 0 spiro atoms. The Balaban J connectivity index is 2.01. The van der Waals surface area contributed by atoms with E-state index < -0.39 is 15.8 Å². The molecule has 0 aromatic heterocycles. The number of hydrogen-bond acceptors (Lipinski definition) is 2. The van der Waals surface area contributed by atoms with Gasteiger partial charge in [-0.2, -0.15) is 0 Å². The first-order chi connectivity index (χ1) is 6.42. The van der Waals surface area contributed by atoms with E-state index in [-0.39, 0.29) is 31.2 Å². The van der Waals surface area contributed by atoms with Crippen LogP contribution in [0.3, 0.4) is 0 Å². The van der Waals surface area contributed by atoms with Crippen LogP contribution in [0, 0.1) is 4.78 Å². The predicted molar refractivity (Wildman–Crippen MR) is 49.6 cm³/mol. The topological polar surface area (TPSA) is 44.2 Å². The number of halogens is 2. The van der Waals surface area contributed by atoms with E-state index in [4.69, 9.17) is 4.78 Å². The van der Waals surface area contributed by atoms with E-state index in [9.17, 15) is 13.0 Å². The summed E-state index contributed by atoms with van der Waals surface area (Å²) in [6.07, 6.45) is 1.12. The Hall–Kier alpha value is -0.230. The van der Waals surface area contributed by atoms with E-state index in [1.807, 2.05) is 0 Å². The van der Waals surface area contributed by atoms with Crippen LogP contribution in [0.4, 0.5) is 8.78 Å². The molecule has 14 heavy (non-hydrogen) atoms. The van der Waals surface area contributed by atoms with E-state index in [2.05, 4.69) is 0 Å². The summed E-state index contributed by atoms with van der Waals surface area (Å²) in [6.45, 7) is 0.206. The van der Waals surface area contributed by atoms with Gasteiger partial charge in [0.25, 0.3) is 5.92 Å². The third-order valence-corrected chi connectivity index (χ3v) is 5.32. The molecular formula is C8H14F2N2OS. The SMILES string of the molecule is N=S(=O)(C1CC1)N1CCC(F)(F)CC1. The first-order valence-electron chi connectivity index (χ1n) is 4.82. The van der Waals surface area contributed by atoms with Crippen molar-refractivity contribution in [1.29, 1.82) is 4.78 Å². The predicted octanol–water partition coefficient (Wildman–Crippen LogP) is 1.84. The van der Waals surface area contributed by atoms with Crippen LogP contribution >= 0.6 is 0 Å². The summed E-state index contributed by atoms with van der Waals surface area (Å²) in [7, 11) is -2.74. The third-order valence-electron chi connectivity index (χ3n) is 2.81. The van der Waals surface area contributed by atoms with E-state index in [0.29, 0.717) is 0 Å². The molecule has 1 aliphatic carbocycles. The summed E-state index contributed by atoms with van der Waals surface area (Å²) in [5.41, 5.74) is 0. The van der Waals surface area contributed by atoms with Crippen LogP contribution in [0.1, 0.15) is 25.7 Å². The van der Waals surface area contributed by atoms with Gasteiger partial charge in [-0.15, -0.1) is 0 Å². The minimum Gasteiger partial charge on any atom is -0.240 e. The Labute approximate surface area is 82.6 Å². The lowest BCUT2D eigenvalue weighted by atomic mass is 10.1. The van der Waals surface area contributed by atoms with Crippen molar-refractivity contribution >= 4 is 9.92 Å². The van der Waals surface area contributed by atoms with Gasteiger partial charge in [-0.05, 0) is 12.8 Å². The highest BCUT2D eigenvalue weighted by Crippen LogP contribution is 2.35. The zero-order valence-electron chi connectivity index (χ0n) is 7.84. The summed E-state index contributed by atoms with van der Waals surface area (Å²) in [5, 5.41) is -0.0609. The summed E-state index contributed by atoms with van der Waals surface area (Å²) in [6, 6.07) is 0. The van der Waals surface area contributed by atoms with Gasteiger partial charge in [0.05, 0.1) is 5.25 Å². The molecule has 1 atom stereocenters. The number of nitrogens with one attached hydrogen (secondary N) is 1. The number of hydrogen-bond donors (Lipinski definition) is 1. The molecular weight excluding hydrogens is 210 g/mol. The highest BCUT2D eigenvalue weighted by Gasteiger charge is 2.42. The molecule has 3 nitrogen and oxygen atoms in total. The van der Waals surface area contributed by atoms with Gasteiger partial charge in [0, 0.05) is 25.9 Å². The lowest BCUT2D eigenvalue weighted by molar-refractivity contribution is -0.0408. The van der Waals surface area contributed by atoms with E-state index >= 15 is 0 Å². The summed E-state index contributed by atoms with van der Waals surface area (Å²) in [4.78, 5) is 0. The molecule has 1 unspecified atom stereocenters. The quantitative estimate of drug-likeness (QED) is 0.764. The van der Waals surface area contributed by atoms with Crippen molar-refractivity contribution in [2.75, 3.05) is 13.1 Å². The first-order valence-corrected chi connectivity index (χ1v) is 6.40. The van der Waals surface area contributed by atoms with Gasteiger partial charge in [-0.1, -0.05) is 0 Å². The highest BCUT2D eigenvalue weighted by atomic mass is 32.2. The largest absolute Gasteiger partial charge is 0.250 e. The molecule has 1 N–H and O–H groups in total. The molecule has 2 fully saturated rings. The summed E-state index contributed by atoms with van der Waals surface area (Å²) in [5.74, 6) is -2.62. The van der Waals surface area contributed by atoms with Gasteiger partial charge in [-0.25, -0.2) is 22.1 Å². The molecule has 6 heteroatoms. The molecule has 82 valence electrons. The molecule has 0 bridgehead atoms. The van der Waals surface area contributed by atoms with Gasteiger partial charge >= 0.3 is 0 Å². The minimum absolute atomic E-state index is 0.0609. The maximum Gasteiger partial charge on any atom is 0.250 e. The molecule has 1 saturated carbocycles. The first kappa shape index (κ1) is 10.3. The Morgan fingerprint density at radius 3 is 2.21 bits per heavy atom. The number of nitrogens with zero attached hydrogens (tertiary/aromatic N) is 1. The minimum atomic E-state index is -2.74. The summed E-state index contributed by atoms with van der Waals surface area (Å²) >= 11 is 0. The lowest BCUT2D eigenvalue weighted by Crippen LogP contribution is -2.43. The Morgan fingerprint density at radius 2 is 1.79 bits per heavy atom. The lowest BCUT2D eigenvalue weighted by Gasteiger charge is -2.32. The molecule has 1 heterocycles. The van der Waals surface area contributed by atoms with Crippen LogP contribution in [0.2, 0.25) is 0 Å². The van der Waals surface area contributed by atoms with E-state index in [1.54, 1.807) is 0 Å². The monoisotopic (exact) mass is 224 g/mol. The van der Waals surface area contributed by atoms with Crippen molar-refractivity contribution in [2.24, 2.45) is 0 Å². The smallest absolute Gasteiger partial charge is 0.240 e. The molecule has 0 aromatic rings. The second kappa shape index (κ2) is 3.13. The van der Waals surface area contributed by atoms with Crippen molar-refractivity contribution in [2.45, 2.75) is 36.9 Å². The van der Waals surface area contributed by atoms with Crippen molar-refractivity contribution in [3.8, 4) is 0 Å². The maximum absolute atomic E-state index is 12.8. The number of rotatable bonds is 2. The van der Waals surface area contributed by atoms with Crippen LogP contribution in [0.5, 0.6) is 0 Å². The highest BCUT2D eigenvalue weighted by molar-refractivity contribution is 7.91. The molecule has 0 amide bonds. The van der Waals surface area contributed by atoms with Crippen LogP contribution in [-0.4, -0.2) is 32.8 Å². The number of piperidine rings is 1. The average molecular weight is 224 g/mol. The second-order valence-electron chi connectivity index (χ2n) is 4.05. The Morgan fingerprint density at radius 1 is 1.29 bits per heavy atom. The third kappa shape index (κ3) is 1.91. The van der Waals surface area contributed by atoms with Gasteiger partial charge in [0.1, 0.15) is 9.92 Å². The fraction of sp³-hybridized carbons (Fsp3) is 1.00. The van der Waals surface area contributed by atoms with Crippen molar-refractivity contribution in [3.63, 3.8) is 0 Å². The standard InChI is InChI=1S/C8H14F2N2OS/c9-8(10)3-5-12(6-4-8)14(11,13)7-1-2-7/h7,11H,1-6H2.